The lowest BCUT2D eigenvalue weighted by molar-refractivity contribution is 0.0402. The minimum Gasteiger partial charge on any atom is -0.481 e. The van der Waals surface area contributed by atoms with Crippen LogP contribution in [-0.4, -0.2) is 91.0 Å². The van der Waals surface area contributed by atoms with E-state index in [-0.39, 0.29) is 12.1 Å². The van der Waals surface area contributed by atoms with Crippen molar-refractivity contribution in [3.63, 3.8) is 0 Å². The highest BCUT2D eigenvalue weighted by Gasteiger charge is 2.11. The topological polar surface area (TPSA) is 80.1 Å². The quantitative estimate of drug-likeness (QED) is 0.309. The van der Waals surface area contributed by atoms with Crippen LogP contribution in [0.4, 0.5) is 0 Å². The highest BCUT2D eigenvalue weighted by Crippen LogP contribution is 2.05. The predicted molar refractivity (Wildman–Crippen MR) is 107 cm³/mol. The number of unbranched alkanes of at least 4 members (excludes halogenated alkanes) is 3. The number of hydrogen-bond donors (Lipinski definition) is 0. The van der Waals surface area contributed by atoms with Gasteiger partial charge in [-0.15, -0.1) is 0 Å². The van der Waals surface area contributed by atoms with Gasteiger partial charge in [0.1, 0.15) is 13.2 Å². The summed E-state index contributed by atoms with van der Waals surface area (Å²) in [7, 11) is 0. The van der Waals surface area contributed by atoms with Crippen molar-refractivity contribution < 1.29 is 28.4 Å². The van der Waals surface area contributed by atoms with Crippen molar-refractivity contribution in [3.05, 3.63) is 0 Å². The first kappa shape index (κ1) is 23.1. The van der Waals surface area contributed by atoms with Crippen LogP contribution in [0, 0.1) is 0 Å². The fourth-order valence-electron chi connectivity index (χ4n) is 2.81. The van der Waals surface area contributed by atoms with Gasteiger partial charge in [-0.2, -0.15) is 0 Å². The zero-order chi connectivity index (χ0) is 19.5. The van der Waals surface area contributed by atoms with Crippen LogP contribution in [0.25, 0.3) is 0 Å². The minimum absolute atomic E-state index is 0.268. The van der Waals surface area contributed by atoms with Gasteiger partial charge >= 0.3 is 0 Å². The molecule has 2 unspecified atom stereocenters. The van der Waals surface area contributed by atoms with Gasteiger partial charge in [0.05, 0.1) is 38.5 Å². The van der Waals surface area contributed by atoms with Crippen LogP contribution < -0.4 is 0 Å². The maximum absolute atomic E-state index is 5.58. The Kier molecular flexibility index (Phi) is 13.8. The Labute approximate surface area is 168 Å². The average molecular weight is 401 g/mol. The molecule has 162 valence electrons. The summed E-state index contributed by atoms with van der Waals surface area (Å²) in [5.41, 5.74) is 0. The van der Waals surface area contributed by atoms with E-state index in [2.05, 4.69) is 9.98 Å². The molecule has 0 spiro atoms. The third kappa shape index (κ3) is 12.3. The second-order valence-corrected chi connectivity index (χ2v) is 6.92. The third-order valence-electron chi connectivity index (χ3n) is 4.53. The van der Waals surface area contributed by atoms with Crippen molar-refractivity contribution in [2.75, 3.05) is 66.1 Å². The van der Waals surface area contributed by atoms with Crippen LogP contribution in [-0.2, 0) is 28.4 Å². The van der Waals surface area contributed by atoms with Crippen molar-refractivity contribution >= 4 is 12.8 Å². The highest BCUT2D eigenvalue weighted by atomic mass is 16.5. The van der Waals surface area contributed by atoms with E-state index >= 15 is 0 Å². The van der Waals surface area contributed by atoms with Gasteiger partial charge < -0.3 is 28.4 Å². The molecular formula is C20H36N2O6. The van der Waals surface area contributed by atoms with Gasteiger partial charge in [-0.3, -0.25) is 9.98 Å². The molecule has 0 aliphatic carbocycles. The molecule has 0 saturated heterocycles. The summed E-state index contributed by atoms with van der Waals surface area (Å²) in [6, 6.07) is 0.537. The van der Waals surface area contributed by atoms with Crippen LogP contribution in [0.5, 0.6) is 0 Å². The molecule has 2 aliphatic rings. The van der Waals surface area contributed by atoms with Gasteiger partial charge in [0.2, 0.25) is 0 Å². The first-order valence-electron chi connectivity index (χ1n) is 10.5. The Bertz CT molecular complexity index is 384. The van der Waals surface area contributed by atoms with E-state index in [1.165, 1.54) is 25.6 Å². The summed E-state index contributed by atoms with van der Waals surface area (Å²) in [6.07, 6.45) is 9.40. The molecule has 0 aromatic rings. The molecule has 8 nitrogen and oxygen atoms in total. The lowest BCUT2D eigenvalue weighted by Gasteiger charge is -2.08. The van der Waals surface area contributed by atoms with Gasteiger partial charge in [0.25, 0.3) is 0 Å². The molecule has 2 aliphatic heterocycles. The zero-order valence-corrected chi connectivity index (χ0v) is 17.0. The van der Waals surface area contributed by atoms with Crippen LogP contribution in [0.3, 0.4) is 0 Å². The van der Waals surface area contributed by atoms with E-state index in [0.29, 0.717) is 52.9 Å². The van der Waals surface area contributed by atoms with Gasteiger partial charge in [0, 0.05) is 26.4 Å². The van der Waals surface area contributed by atoms with E-state index in [1.54, 1.807) is 0 Å². The molecule has 0 aromatic heterocycles. The number of nitrogens with zero attached hydrogens (tertiary/aromatic N) is 2. The first-order valence-corrected chi connectivity index (χ1v) is 10.5. The van der Waals surface area contributed by atoms with E-state index in [1.807, 2.05) is 0 Å². The Morgan fingerprint density at radius 3 is 1.39 bits per heavy atom. The summed E-state index contributed by atoms with van der Waals surface area (Å²) in [5, 5.41) is 0. The highest BCUT2D eigenvalue weighted by molar-refractivity contribution is 5.49. The summed E-state index contributed by atoms with van der Waals surface area (Å²) in [4.78, 5) is 8.36. The third-order valence-corrected chi connectivity index (χ3v) is 4.53. The Balaban J connectivity index is 1.18. The van der Waals surface area contributed by atoms with Crippen LogP contribution >= 0.6 is 0 Å². The summed E-state index contributed by atoms with van der Waals surface area (Å²) in [6.45, 7) is 7.01. The fourth-order valence-corrected chi connectivity index (χ4v) is 2.81. The molecule has 2 atom stereocenters. The van der Waals surface area contributed by atoms with Gasteiger partial charge in [0.15, 0.2) is 12.8 Å². The summed E-state index contributed by atoms with van der Waals surface area (Å²) in [5.74, 6) is 0. The molecule has 0 saturated carbocycles. The molecule has 0 radical (unpaired) electrons. The SMILES string of the molecule is C1=NC(CCOCCOCCCCCCOCCOCCC2COC=N2)CO1. The van der Waals surface area contributed by atoms with Crippen molar-refractivity contribution in [2.24, 2.45) is 9.98 Å². The standard InChI is InChI=1S/C20H36N2O6/c1(3-7-23-11-13-25-9-5-19-15-27-17-21-19)2-4-8-24-12-14-26-10-6-20-16-28-18-22-20/h17-20H,1-16H2. The van der Waals surface area contributed by atoms with Gasteiger partial charge in [-0.25, -0.2) is 0 Å². The van der Waals surface area contributed by atoms with Crippen molar-refractivity contribution in [3.8, 4) is 0 Å². The number of rotatable bonds is 19. The molecule has 0 aromatic carbocycles. The lowest BCUT2D eigenvalue weighted by atomic mass is 10.2. The smallest absolute Gasteiger partial charge is 0.169 e. The average Bonchev–Trinajstić information content (AvgIpc) is 3.41. The van der Waals surface area contributed by atoms with Crippen LogP contribution in [0.15, 0.2) is 9.98 Å². The van der Waals surface area contributed by atoms with E-state index in [4.69, 9.17) is 28.4 Å². The van der Waals surface area contributed by atoms with Crippen molar-refractivity contribution in [1.82, 2.24) is 0 Å². The molecule has 2 heterocycles. The summed E-state index contributed by atoms with van der Waals surface area (Å²) < 4.78 is 32.4. The van der Waals surface area contributed by atoms with Gasteiger partial charge in [-0.1, -0.05) is 12.8 Å². The second-order valence-electron chi connectivity index (χ2n) is 6.92. The van der Waals surface area contributed by atoms with Crippen LogP contribution in [0.2, 0.25) is 0 Å². The minimum atomic E-state index is 0.268. The molecule has 8 heteroatoms. The number of hydrogen-bond acceptors (Lipinski definition) is 8. The van der Waals surface area contributed by atoms with Crippen molar-refractivity contribution in [1.29, 1.82) is 0 Å². The predicted octanol–water partition coefficient (Wildman–Crippen LogP) is 2.25. The first-order chi connectivity index (χ1) is 13.9. The van der Waals surface area contributed by atoms with E-state index < -0.39 is 0 Å². The maximum Gasteiger partial charge on any atom is 0.169 e. The lowest BCUT2D eigenvalue weighted by Crippen LogP contribution is -2.12. The van der Waals surface area contributed by atoms with Crippen LogP contribution in [0.1, 0.15) is 38.5 Å². The molecule has 28 heavy (non-hydrogen) atoms. The Hall–Kier alpha value is -1.22. The largest absolute Gasteiger partial charge is 0.481 e. The van der Waals surface area contributed by atoms with E-state index in [9.17, 15) is 0 Å². The molecule has 0 bridgehead atoms. The fraction of sp³-hybridized carbons (Fsp3) is 0.900. The molecule has 0 amide bonds. The number of aliphatic imine (C=N–C) groups is 2. The molecule has 2 rings (SSSR count). The Morgan fingerprint density at radius 2 is 1.00 bits per heavy atom. The zero-order valence-electron chi connectivity index (χ0n) is 17.0. The maximum atomic E-state index is 5.58. The van der Waals surface area contributed by atoms with E-state index in [0.717, 1.165) is 38.9 Å². The second kappa shape index (κ2) is 16.7. The van der Waals surface area contributed by atoms with Crippen molar-refractivity contribution in [2.45, 2.75) is 50.6 Å². The van der Waals surface area contributed by atoms with Gasteiger partial charge in [-0.05, 0) is 25.7 Å². The molecule has 0 fully saturated rings. The molecular weight excluding hydrogens is 364 g/mol. The normalized spacial score (nSPS) is 20.6. The molecule has 0 N–H and O–H groups in total. The Morgan fingerprint density at radius 1 is 0.571 bits per heavy atom. The summed E-state index contributed by atoms with van der Waals surface area (Å²) >= 11 is 0. The number of ether oxygens (including phenoxy) is 6. The monoisotopic (exact) mass is 400 g/mol.